The molecule has 5 heteroatoms. The number of methoxy groups -OCH3 is 2. The van der Waals surface area contributed by atoms with E-state index in [1.54, 1.807) is 7.11 Å². The molecular weight excluding hydrogens is 272 g/mol. The first-order valence-electron chi connectivity index (χ1n) is 7.00. The monoisotopic (exact) mass is 292 g/mol. The topological polar surface area (TPSA) is 54.0 Å². The van der Waals surface area contributed by atoms with Crippen LogP contribution in [0, 0.1) is 12.3 Å². The Bertz CT molecular complexity index is 564. The Kier molecular flexibility index (Phi) is 3.42. The highest BCUT2D eigenvalue weighted by molar-refractivity contribution is 5.83. The Hall–Kier alpha value is -1.59. The summed E-state index contributed by atoms with van der Waals surface area (Å²) < 4.78 is 21.8. The van der Waals surface area contributed by atoms with Crippen molar-refractivity contribution in [1.29, 1.82) is 0 Å². The first-order chi connectivity index (χ1) is 10.1. The number of esters is 1. The van der Waals surface area contributed by atoms with Crippen LogP contribution >= 0.6 is 0 Å². The molecular formula is C16H20O5. The third kappa shape index (κ3) is 2.12. The lowest BCUT2D eigenvalue weighted by molar-refractivity contribution is -0.165. The van der Waals surface area contributed by atoms with Crippen molar-refractivity contribution in [3.63, 3.8) is 0 Å². The maximum absolute atomic E-state index is 12.5. The second-order valence-electron chi connectivity index (χ2n) is 5.98. The molecule has 0 N–H and O–H groups in total. The highest BCUT2D eigenvalue weighted by Gasteiger charge is 2.59. The maximum Gasteiger partial charge on any atom is 0.343 e. The van der Waals surface area contributed by atoms with Crippen molar-refractivity contribution in [2.45, 2.75) is 18.9 Å². The van der Waals surface area contributed by atoms with Crippen LogP contribution in [0.25, 0.3) is 0 Å². The van der Waals surface area contributed by atoms with Crippen LogP contribution in [-0.4, -0.2) is 40.0 Å². The molecule has 0 aromatic heterocycles. The first-order valence-corrected chi connectivity index (χ1v) is 7.00. The molecule has 114 valence electrons. The van der Waals surface area contributed by atoms with E-state index in [-0.39, 0.29) is 11.4 Å². The predicted molar refractivity (Wildman–Crippen MR) is 75.2 cm³/mol. The minimum atomic E-state index is -1.10. The van der Waals surface area contributed by atoms with Gasteiger partial charge < -0.3 is 18.9 Å². The van der Waals surface area contributed by atoms with Gasteiger partial charge in [-0.15, -0.1) is 0 Å². The molecule has 2 heterocycles. The fraction of sp³-hybridized carbons (Fsp3) is 0.562. The van der Waals surface area contributed by atoms with Crippen molar-refractivity contribution in [3.8, 4) is 5.75 Å². The third-order valence-corrected chi connectivity index (χ3v) is 4.37. The number of benzene rings is 1. The Balaban J connectivity index is 2.09. The molecule has 0 saturated carbocycles. The molecule has 5 nitrogen and oxygen atoms in total. The largest absolute Gasteiger partial charge is 0.496 e. The molecule has 2 aliphatic rings. The second-order valence-corrected chi connectivity index (χ2v) is 5.98. The smallest absolute Gasteiger partial charge is 0.343 e. The molecule has 1 aromatic rings. The standard InChI is InChI=1S/C16H20O5/c1-11-4-5-13(18-2)12(6-11)16(14(17)19-3)7-15(10-21-16)8-20-9-15/h4-6H,7-10H2,1-3H3. The number of hydrogen-bond donors (Lipinski definition) is 0. The van der Waals surface area contributed by atoms with Crippen LogP contribution in [0.2, 0.25) is 0 Å². The highest BCUT2D eigenvalue weighted by atomic mass is 16.6. The molecule has 0 aliphatic carbocycles. The van der Waals surface area contributed by atoms with Crippen LogP contribution in [0.15, 0.2) is 18.2 Å². The van der Waals surface area contributed by atoms with Gasteiger partial charge in [-0.05, 0) is 19.1 Å². The van der Waals surface area contributed by atoms with Crippen molar-refractivity contribution in [2.24, 2.45) is 5.41 Å². The van der Waals surface area contributed by atoms with Crippen molar-refractivity contribution >= 4 is 5.97 Å². The number of carbonyl (C=O) groups is 1. The molecule has 1 atom stereocenters. The van der Waals surface area contributed by atoms with Crippen LogP contribution in [-0.2, 0) is 24.6 Å². The van der Waals surface area contributed by atoms with Crippen LogP contribution < -0.4 is 4.74 Å². The summed E-state index contributed by atoms with van der Waals surface area (Å²) in [5.41, 5.74) is 0.600. The summed E-state index contributed by atoms with van der Waals surface area (Å²) in [5.74, 6) is 0.262. The Morgan fingerprint density at radius 2 is 2.00 bits per heavy atom. The summed E-state index contributed by atoms with van der Waals surface area (Å²) in [6, 6.07) is 5.75. The molecule has 21 heavy (non-hydrogen) atoms. The molecule has 2 fully saturated rings. The van der Waals surface area contributed by atoms with Crippen LogP contribution in [0.5, 0.6) is 5.75 Å². The molecule has 1 aromatic carbocycles. The zero-order valence-corrected chi connectivity index (χ0v) is 12.6. The Morgan fingerprint density at radius 1 is 1.24 bits per heavy atom. The lowest BCUT2D eigenvalue weighted by atomic mass is 9.76. The molecule has 0 radical (unpaired) electrons. The minimum Gasteiger partial charge on any atom is -0.496 e. The number of rotatable bonds is 3. The van der Waals surface area contributed by atoms with Crippen molar-refractivity contribution < 1.29 is 23.7 Å². The van der Waals surface area contributed by atoms with E-state index < -0.39 is 5.60 Å². The normalized spacial score (nSPS) is 26.4. The summed E-state index contributed by atoms with van der Waals surface area (Å²) in [6.45, 7) is 3.73. The summed E-state index contributed by atoms with van der Waals surface area (Å²) in [7, 11) is 2.98. The molecule has 1 unspecified atom stereocenters. The van der Waals surface area contributed by atoms with Gasteiger partial charge in [0.25, 0.3) is 0 Å². The molecule has 0 bridgehead atoms. The van der Waals surface area contributed by atoms with Gasteiger partial charge in [0.05, 0.1) is 34.0 Å². The average Bonchev–Trinajstić information content (AvgIpc) is 2.88. The second kappa shape index (κ2) is 5.00. The van der Waals surface area contributed by atoms with E-state index in [0.717, 1.165) is 11.1 Å². The molecule has 3 rings (SSSR count). The third-order valence-electron chi connectivity index (χ3n) is 4.37. The lowest BCUT2D eigenvalue weighted by Crippen LogP contribution is -2.45. The molecule has 1 spiro atoms. The van der Waals surface area contributed by atoms with Gasteiger partial charge >= 0.3 is 5.97 Å². The van der Waals surface area contributed by atoms with Gasteiger partial charge in [0, 0.05) is 17.4 Å². The Labute approximate surface area is 124 Å². The van der Waals surface area contributed by atoms with E-state index in [1.807, 2.05) is 25.1 Å². The lowest BCUT2D eigenvalue weighted by Gasteiger charge is -2.37. The van der Waals surface area contributed by atoms with E-state index in [2.05, 4.69) is 0 Å². The van der Waals surface area contributed by atoms with Crippen LogP contribution in [0.3, 0.4) is 0 Å². The van der Waals surface area contributed by atoms with Crippen LogP contribution in [0.1, 0.15) is 17.5 Å². The summed E-state index contributed by atoms with van der Waals surface area (Å²) in [6.07, 6.45) is 0.562. The van der Waals surface area contributed by atoms with Gasteiger partial charge in [0.15, 0.2) is 5.60 Å². The molecule has 2 saturated heterocycles. The van der Waals surface area contributed by atoms with E-state index in [4.69, 9.17) is 18.9 Å². The van der Waals surface area contributed by atoms with E-state index >= 15 is 0 Å². The van der Waals surface area contributed by atoms with Gasteiger partial charge in [0.1, 0.15) is 5.75 Å². The SMILES string of the molecule is COC(=O)C1(c2cc(C)ccc2OC)CC2(COC2)CO1. The predicted octanol–water partition coefficient (Wildman–Crippen LogP) is 1.81. The molecule has 2 aliphatic heterocycles. The van der Waals surface area contributed by atoms with Crippen LogP contribution in [0.4, 0.5) is 0 Å². The number of aryl methyl sites for hydroxylation is 1. The fourth-order valence-corrected chi connectivity index (χ4v) is 3.20. The van der Waals surface area contributed by atoms with E-state index in [1.165, 1.54) is 7.11 Å². The average molecular weight is 292 g/mol. The number of hydrogen-bond acceptors (Lipinski definition) is 5. The van der Waals surface area contributed by atoms with Gasteiger partial charge in [-0.2, -0.15) is 0 Å². The van der Waals surface area contributed by atoms with Crippen molar-refractivity contribution in [2.75, 3.05) is 34.0 Å². The van der Waals surface area contributed by atoms with E-state index in [0.29, 0.717) is 32.0 Å². The zero-order chi connectivity index (χ0) is 15.1. The fourth-order valence-electron chi connectivity index (χ4n) is 3.20. The summed E-state index contributed by atoms with van der Waals surface area (Å²) >= 11 is 0. The Morgan fingerprint density at radius 3 is 2.52 bits per heavy atom. The highest BCUT2D eigenvalue weighted by Crippen LogP contribution is 2.52. The first kappa shape index (κ1) is 14.4. The summed E-state index contributed by atoms with van der Waals surface area (Å²) in [5, 5.41) is 0. The van der Waals surface area contributed by atoms with Gasteiger partial charge in [-0.3, -0.25) is 0 Å². The van der Waals surface area contributed by atoms with Crippen molar-refractivity contribution in [1.82, 2.24) is 0 Å². The number of ether oxygens (including phenoxy) is 4. The van der Waals surface area contributed by atoms with Crippen molar-refractivity contribution in [3.05, 3.63) is 29.3 Å². The van der Waals surface area contributed by atoms with Gasteiger partial charge in [0.2, 0.25) is 0 Å². The number of carbonyl (C=O) groups excluding carboxylic acids is 1. The zero-order valence-electron chi connectivity index (χ0n) is 12.6. The minimum absolute atomic E-state index is 0.0804. The molecule has 0 amide bonds. The van der Waals surface area contributed by atoms with Gasteiger partial charge in [-0.1, -0.05) is 11.6 Å². The quantitative estimate of drug-likeness (QED) is 0.795. The maximum atomic E-state index is 12.5. The summed E-state index contributed by atoms with van der Waals surface area (Å²) in [4.78, 5) is 12.5. The van der Waals surface area contributed by atoms with Gasteiger partial charge in [-0.25, -0.2) is 4.79 Å². The van der Waals surface area contributed by atoms with E-state index in [9.17, 15) is 4.79 Å².